The number of nitrogens with two attached hydrogens (primary N) is 1. The maximum absolute atomic E-state index is 6.01. The van der Waals surface area contributed by atoms with Gasteiger partial charge in [-0.1, -0.05) is 25.5 Å². The van der Waals surface area contributed by atoms with Crippen LogP contribution in [0.1, 0.15) is 44.2 Å². The van der Waals surface area contributed by atoms with Crippen molar-refractivity contribution < 1.29 is 4.74 Å². The summed E-state index contributed by atoms with van der Waals surface area (Å²) in [6.45, 7) is 4.09. The van der Waals surface area contributed by atoms with Gasteiger partial charge < -0.3 is 15.4 Å². The largest absolute Gasteiger partial charge is 0.492 e. The number of hydrogen-bond acceptors (Lipinski definition) is 3. The molecule has 19 heavy (non-hydrogen) atoms. The summed E-state index contributed by atoms with van der Waals surface area (Å²) in [5.74, 6) is 0.950. The lowest BCUT2D eigenvalue weighted by Crippen LogP contribution is -2.40. The fourth-order valence-corrected chi connectivity index (χ4v) is 2.59. The van der Waals surface area contributed by atoms with E-state index in [1.807, 2.05) is 12.1 Å². The fraction of sp³-hybridized carbons (Fsp3) is 0.625. The zero-order valence-corrected chi connectivity index (χ0v) is 12.1. The predicted octanol–water partition coefficient (Wildman–Crippen LogP) is 2.96. The summed E-state index contributed by atoms with van der Waals surface area (Å²) in [5.41, 5.74) is 7.19. The number of likely N-dealkylation sites (tertiary alicyclic amines) is 1. The first-order valence-corrected chi connectivity index (χ1v) is 7.39. The Kier molecular flexibility index (Phi) is 5.23. The third-order valence-electron chi connectivity index (χ3n) is 4.11. The second-order valence-corrected chi connectivity index (χ2v) is 5.52. The van der Waals surface area contributed by atoms with Crippen molar-refractivity contribution in [3.05, 3.63) is 29.8 Å². The number of ether oxygens (including phenoxy) is 1. The summed E-state index contributed by atoms with van der Waals surface area (Å²) in [4.78, 5) is 2.41. The molecule has 0 spiro atoms. The number of piperidine rings is 1. The molecule has 3 nitrogen and oxygen atoms in total. The molecule has 1 aliphatic rings. The van der Waals surface area contributed by atoms with E-state index in [2.05, 4.69) is 31.0 Å². The average Bonchev–Trinajstić information content (AvgIpc) is 2.46. The summed E-state index contributed by atoms with van der Waals surface area (Å²) < 4.78 is 5.90. The van der Waals surface area contributed by atoms with Crippen LogP contribution in [0.3, 0.4) is 0 Å². The normalized spacial score (nSPS) is 22.2. The molecule has 1 saturated heterocycles. The van der Waals surface area contributed by atoms with Crippen molar-refractivity contribution in [1.82, 2.24) is 4.90 Å². The molecule has 0 bridgehead atoms. The number of hydrogen-bond donors (Lipinski definition) is 1. The van der Waals surface area contributed by atoms with Crippen LogP contribution in [0.4, 0.5) is 0 Å². The lowest BCUT2D eigenvalue weighted by molar-refractivity contribution is 0.125. The molecule has 2 rings (SSSR count). The van der Waals surface area contributed by atoms with Crippen LogP contribution in [0.25, 0.3) is 0 Å². The van der Waals surface area contributed by atoms with Crippen LogP contribution >= 0.6 is 0 Å². The van der Waals surface area contributed by atoms with Crippen molar-refractivity contribution >= 4 is 0 Å². The van der Waals surface area contributed by atoms with Gasteiger partial charge in [-0.25, -0.2) is 0 Å². The van der Waals surface area contributed by atoms with Crippen LogP contribution < -0.4 is 10.5 Å². The van der Waals surface area contributed by atoms with E-state index in [0.29, 0.717) is 6.04 Å². The molecule has 1 fully saturated rings. The predicted molar refractivity (Wildman–Crippen MR) is 79.4 cm³/mol. The van der Waals surface area contributed by atoms with E-state index in [1.54, 1.807) is 0 Å². The minimum atomic E-state index is 0.138. The Labute approximate surface area is 116 Å². The van der Waals surface area contributed by atoms with Gasteiger partial charge >= 0.3 is 0 Å². The maximum Gasteiger partial charge on any atom is 0.119 e. The van der Waals surface area contributed by atoms with E-state index in [4.69, 9.17) is 10.5 Å². The van der Waals surface area contributed by atoms with Crippen LogP contribution in [0.5, 0.6) is 5.75 Å². The van der Waals surface area contributed by atoms with E-state index in [-0.39, 0.29) is 6.04 Å². The minimum Gasteiger partial charge on any atom is -0.492 e. The number of rotatable bonds is 5. The molecule has 2 unspecified atom stereocenters. The van der Waals surface area contributed by atoms with Crippen molar-refractivity contribution in [3.63, 3.8) is 0 Å². The number of likely N-dealkylation sites (N-methyl/N-ethyl adjacent to an activating group) is 1. The van der Waals surface area contributed by atoms with Gasteiger partial charge in [0.05, 0.1) is 0 Å². The van der Waals surface area contributed by atoms with Crippen LogP contribution in [-0.4, -0.2) is 31.1 Å². The van der Waals surface area contributed by atoms with Gasteiger partial charge in [0, 0.05) is 12.1 Å². The Morgan fingerprint density at radius 3 is 2.68 bits per heavy atom. The number of nitrogens with zero attached hydrogens (tertiary/aromatic N) is 1. The molecule has 0 saturated carbocycles. The van der Waals surface area contributed by atoms with Crippen molar-refractivity contribution in [1.29, 1.82) is 0 Å². The molecule has 1 aliphatic heterocycles. The van der Waals surface area contributed by atoms with Crippen LogP contribution in [0, 0.1) is 0 Å². The topological polar surface area (TPSA) is 38.5 Å². The summed E-state index contributed by atoms with van der Waals surface area (Å²) in [6.07, 6.45) is 4.85. The van der Waals surface area contributed by atoms with Crippen LogP contribution in [0.15, 0.2) is 24.3 Å². The van der Waals surface area contributed by atoms with Crippen LogP contribution in [0.2, 0.25) is 0 Å². The molecule has 2 atom stereocenters. The molecular formula is C16H26N2O. The lowest BCUT2D eigenvalue weighted by atomic mass is 10.0. The molecule has 0 radical (unpaired) electrons. The molecule has 0 aliphatic carbocycles. The van der Waals surface area contributed by atoms with E-state index in [9.17, 15) is 0 Å². The molecule has 2 N–H and O–H groups in total. The Hall–Kier alpha value is -1.06. The summed E-state index contributed by atoms with van der Waals surface area (Å²) in [6, 6.07) is 8.92. The van der Waals surface area contributed by atoms with Gasteiger partial charge in [0.2, 0.25) is 0 Å². The van der Waals surface area contributed by atoms with E-state index < -0.39 is 0 Å². The molecular weight excluding hydrogens is 236 g/mol. The first-order valence-electron chi connectivity index (χ1n) is 7.39. The third kappa shape index (κ3) is 3.95. The van der Waals surface area contributed by atoms with E-state index >= 15 is 0 Å². The number of benzene rings is 1. The fourth-order valence-electron chi connectivity index (χ4n) is 2.59. The molecule has 0 aromatic heterocycles. The standard InChI is InChI=1S/C16H26N2O/c1-3-16(17)13-7-9-15(10-8-13)19-12-14-6-4-5-11-18(14)2/h7-10,14,16H,3-6,11-12,17H2,1-2H3. The van der Waals surface area contributed by atoms with Crippen molar-refractivity contribution in [2.75, 3.05) is 20.2 Å². The Morgan fingerprint density at radius 1 is 1.32 bits per heavy atom. The Bertz CT molecular complexity index is 377. The minimum absolute atomic E-state index is 0.138. The third-order valence-corrected chi connectivity index (χ3v) is 4.11. The van der Waals surface area contributed by atoms with Gasteiger partial charge in [0.1, 0.15) is 12.4 Å². The highest BCUT2D eigenvalue weighted by atomic mass is 16.5. The molecule has 0 amide bonds. The first kappa shape index (κ1) is 14.4. The van der Waals surface area contributed by atoms with Gasteiger partial charge in [-0.3, -0.25) is 0 Å². The molecule has 106 valence electrons. The second-order valence-electron chi connectivity index (χ2n) is 5.52. The zero-order valence-electron chi connectivity index (χ0n) is 12.1. The average molecular weight is 262 g/mol. The summed E-state index contributed by atoms with van der Waals surface area (Å²) in [7, 11) is 2.19. The first-order chi connectivity index (χ1) is 9.20. The molecule has 1 aromatic rings. The highest BCUT2D eigenvalue weighted by Crippen LogP contribution is 2.20. The summed E-state index contributed by atoms with van der Waals surface area (Å²) >= 11 is 0. The molecule has 1 aromatic carbocycles. The SMILES string of the molecule is CCC(N)c1ccc(OCC2CCCCN2C)cc1. The van der Waals surface area contributed by atoms with E-state index in [0.717, 1.165) is 18.8 Å². The highest BCUT2D eigenvalue weighted by molar-refractivity contribution is 5.29. The highest BCUT2D eigenvalue weighted by Gasteiger charge is 2.19. The van der Waals surface area contributed by atoms with Gasteiger partial charge in [-0.15, -0.1) is 0 Å². The van der Waals surface area contributed by atoms with E-state index in [1.165, 1.54) is 31.4 Å². The molecule has 3 heteroatoms. The lowest BCUT2D eigenvalue weighted by Gasteiger charge is -2.32. The Balaban J connectivity index is 1.85. The smallest absolute Gasteiger partial charge is 0.119 e. The monoisotopic (exact) mass is 262 g/mol. The van der Waals surface area contributed by atoms with Gasteiger partial charge in [0.25, 0.3) is 0 Å². The van der Waals surface area contributed by atoms with Gasteiger partial charge in [-0.2, -0.15) is 0 Å². The van der Waals surface area contributed by atoms with Crippen molar-refractivity contribution in [2.24, 2.45) is 5.73 Å². The maximum atomic E-state index is 6.01. The molecule has 1 heterocycles. The van der Waals surface area contributed by atoms with Gasteiger partial charge in [-0.05, 0) is 50.6 Å². The quantitative estimate of drug-likeness (QED) is 0.886. The second kappa shape index (κ2) is 6.92. The van der Waals surface area contributed by atoms with Crippen molar-refractivity contribution in [2.45, 2.75) is 44.7 Å². The van der Waals surface area contributed by atoms with Crippen molar-refractivity contribution in [3.8, 4) is 5.75 Å². The summed E-state index contributed by atoms with van der Waals surface area (Å²) in [5, 5.41) is 0. The Morgan fingerprint density at radius 2 is 2.05 bits per heavy atom. The van der Waals surface area contributed by atoms with Gasteiger partial charge in [0.15, 0.2) is 0 Å². The zero-order chi connectivity index (χ0) is 13.7. The van der Waals surface area contributed by atoms with Crippen LogP contribution in [-0.2, 0) is 0 Å².